The second-order valence-corrected chi connectivity index (χ2v) is 8.19. The lowest BCUT2D eigenvalue weighted by atomic mass is 9.70. The van der Waals surface area contributed by atoms with Crippen molar-refractivity contribution in [1.29, 1.82) is 0 Å². The molecule has 2 saturated heterocycles. The van der Waals surface area contributed by atoms with Gasteiger partial charge in [-0.05, 0) is 49.9 Å². The summed E-state index contributed by atoms with van der Waals surface area (Å²) in [7, 11) is 0. The first kappa shape index (κ1) is 15.8. The van der Waals surface area contributed by atoms with Crippen LogP contribution >= 0.6 is 0 Å². The van der Waals surface area contributed by atoms with Crippen LogP contribution in [0.3, 0.4) is 0 Å². The first-order valence-corrected chi connectivity index (χ1v) is 9.04. The molecule has 4 atom stereocenters. The number of nitrogens with two attached hydrogens (primary N) is 1. The Morgan fingerprint density at radius 2 is 1.90 bits per heavy atom. The van der Waals surface area contributed by atoms with Crippen molar-refractivity contribution in [2.24, 2.45) is 23.5 Å². The Morgan fingerprint density at radius 1 is 1.05 bits per heavy atom. The predicted octanol–water partition coefficient (Wildman–Crippen LogP) is 3.51. The van der Waals surface area contributed by atoms with Crippen molar-refractivity contribution in [1.82, 2.24) is 0 Å². The normalized spacial score (nSPS) is 45.1. The molecule has 2 aliphatic heterocycles. The van der Waals surface area contributed by atoms with E-state index in [0.717, 1.165) is 50.9 Å². The Morgan fingerprint density at radius 3 is 2.62 bits per heavy atom. The van der Waals surface area contributed by atoms with Gasteiger partial charge >= 0.3 is 0 Å². The molecular weight excluding hydrogens is 262 g/mol. The van der Waals surface area contributed by atoms with E-state index >= 15 is 0 Å². The zero-order valence-corrected chi connectivity index (χ0v) is 13.9. The van der Waals surface area contributed by atoms with Crippen molar-refractivity contribution < 1.29 is 9.47 Å². The minimum absolute atomic E-state index is 0.000952. The molecule has 2 N–H and O–H groups in total. The summed E-state index contributed by atoms with van der Waals surface area (Å²) < 4.78 is 11.7. The molecule has 1 aliphatic carbocycles. The van der Waals surface area contributed by atoms with Crippen LogP contribution in [0.25, 0.3) is 0 Å². The van der Waals surface area contributed by atoms with Crippen LogP contribution in [0.2, 0.25) is 0 Å². The highest BCUT2D eigenvalue weighted by atomic mass is 16.6. The van der Waals surface area contributed by atoms with Crippen LogP contribution in [0.5, 0.6) is 0 Å². The summed E-state index contributed by atoms with van der Waals surface area (Å²) >= 11 is 0. The minimum atomic E-state index is -0.000952. The molecule has 122 valence electrons. The molecule has 1 saturated carbocycles. The molecule has 1 spiro atoms. The van der Waals surface area contributed by atoms with Gasteiger partial charge in [-0.1, -0.05) is 26.7 Å². The van der Waals surface area contributed by atoms with Crippen LogP contribution in [-0.2, 0) is 9.47 Å². The molecule has 3 rings (SSSR count). The van der Waals surface area contributed by atoms with Gasteiger partial charge in [0.1, 0.15) is 0 Å². The monoisotopic (exact) mass is 295 g/mol. The number of ether oxygens (including phenoxy) is 2. The SMILES string of the molecule is CC(C)C1CCCC(N)(C2CCOC3(CCOC3)C2)CC1. The molecular formula is C18H33NO2. The fourth-order valence-corrected chi connectivity index (χ4v) is 4.87. The van der Waals surface area contributed by atoms with E-state index in [-0.39, 0.29) is 11.1 Å². The predicted molar refractivity (Wildman–Crippen MR) is 85.2 cm³/mol. The third-order valence-electron chi connectivity index (χ3n) is 6.51. The van der Waals surface area contributed by atoms with Gasteiger partial charge in [0.2, 0.25) is 0 Å². The standard InChI is InChI=1S/C18H33NO2/c1-14(2)15-4-3-7-18(19,8-5-15)16-6-10-21-17(12-16)9-11-20-13-17/h14-16H,3-13,19H2,1-2H3. The molecule has 0 bridgehead atoms. The Labute approximate surface area is 129 Å². The lowest BCUT2D eigenvalue weighted by Crippen LogP contribution is -2.53. The Balaban J connectivity index is 1.66. The summed E-state index contributed by atoms with van der Waals surface area (Å²) in [6.45, 7) is 7.26. The summed E-state index contributed by atoms with van der Waals surface area (Å²) in [6, 6.07) is 0. The maximum atomic E-state index is 6.95. The Kier molecular flexibility index (Phi) is 4.63. The minimum Gasteiger partial charge on any atom is -0.378 e. The summed E-state index contributed by atoms with van der Waals surface area (Å²) in [5.74, 6) is 2.30. The van der Waals surface area contributed by atoms with Gasteiger partial charge in [0.15, 0.2) is 0 Å². The summed E-state index contributed by atoms with van der Waals surface area (Å²) in [4.78, 5) is 0. The molecule has 4 unspecified atom stereocenters. The van der Waals surface area contributed by atoms with Crippen LogP contribution < -0.4 is 5.73 Å². The van der Waals surface area contributed by atoms with E-state index in [2.05, 4.69) is 13.8 Å². The van der Waals surface area contributed by atoms with E-state index in [9.17, 15) is 0 Å². The summed E-state index contributed by atoms with van der Waals surface area (Å²) in [5.41, 5.74) is 6.99. The Hall–Kier alpha value is -0.120. The molecule has 0 amide bonds. The van der Waals surface area contributed by atoms with Crippen LogP contribution in [0.15, 0.2) is 0 Å². The largest absolute Gasteiger partial charge is 0.378 e. The smallest absolute Gasteiger partial charge is 0.0940 e. The van der Waals surface area contributed by atoms with Crippen LogP contribution in [0.1, 0.15) is 65.2 Å². The topological polar surface area (TPSA) is 44.5 Å². The van der Waals surface area contributed by atoms with Gasteiger partial charge in [-0.25, -0.2) is 0 Å². The Bertz CT molecular complexity index is 351. The molecule has 0 radical (unpaired) electrons. The molecule has 0 aromatic heterocycles. The van der Waals surface area contributed by atoms with Gasteiger partial charge in [-0.15, -0.1) is 0 Å². The maximum absolute atomic E-state index is 6.95. The second kappa shape index (κ2) is 6.17. The lowest BCUT2D eigenvalue weighted by molar-refractivity contribution is -0.110. The van der Waals surface area contributed by atoms with Gasteiger partial charge in [0, 0.05) is 25.2 Å². The van der Waals surface area contributed by atoms with E-state index in [4.69, 9.17) is 15.2 Å². The van der Waals surface area contributed by atoms with Crippen LogP contribution in [0.4, 0.5) is 0 Å². The van der Waals surface area contributed by atoms with Crippen LogP contribution in [-0.4, -0.2) is 31.0 Å². The van der Waals surface area contributed by atoms with Crippen molar-refractivity contribution in [2.45, 2.75) is 76.4 Å². The third-order valence-corrected chi connectivity index (χ3v) is 6.51. The molecule has 3 fully saturated rings. The molecule has 0 aromatic rings. The molecule has 3 nitrogen and oxygen atoms in total. The highest BCUT2D eigenvalue weighted by molar-refractivity contribution is 5.00. The second-order valence-electron chi connectivity index (χ2n) is 8.19. The lowest BCUT2D eigenvalue weighted by Gasteiger charge is -2.45. The van der Waals surface area contributed by atoms with Crippen molar-refractivity contribution in [2.75, 3.05) is 19.8 Å². The number of hydrogen-bond acceptors (Lipinski definition) is 3. The van der Waals surface area contributed by atoms with Gasteiger partial charge in [0.25, 0.3) is 0 Å². The average Bonchev–Trinajstić information content (AvgIpc) is 2.79. The number of hydrogen-bond donors (Lipinski definition) is 1. The van der Waals surface area contributed by atoms with Gasteiger partial charge in [0.05, 0.1) is 12.2 Å². The van der Waals surface area contributed by atoms with E-state index in [1.165, 1.54) is 32.1 Å². The highest BCUT2D eigenvalue weighted by Crippen LogP contribution is 2.44. The maximum Gasteiger partial charge on any atom is 0.0940 e. The van der Waals surface area contributed by atoms with Crippen molar-refractivity contribution in [3.63, 3.8) is 0 Å². The van der Waals surface area contributed by atoms with Gasteiger partial charge in [-0.2, -0.15) is 0 Å². The zero-order chi connectivity index (χ0) is 14.9. The summed E-state index contributed by atoms with van der Waals surface area (Å²) in [5, 5.41) is 0. The molecule has 21 heavy (non-hydrogen) atoms. The fraction of sp³-hybridized carbons (Fsp3) is 1.00. The molecule has 0 aromatic carbocycles. The van der Waals surface area contributed by atoms with Gasteiger partial charge < -0.3 is 15.2 Å². The highest BCUT2D eigenvalue weighted by Gasteiger charge is 2.47. The third kappa shape index (κ3) is 3.30. The number of rotatable bonds is 2. The zero-order valence-electron chi connectivity index (χ0n) is 13.9. The first-order chi connectivity index (χ1) is 10.0. The van der Waals surface area contributed by atoms with Crippen molar-refractivity contribution in [3.05, 3.63) is 0 Å². The first-order valence-electron chi connectivity index (χ1n) is 9.04. The van der Waals surface area contributed by atoms with Crippen molar-refractivity contribution >= 4 is 0 Å². The molecule has 2 heterocycles. The van der Waals surface area contributed by atoms with Crippen LogP contribution in [0, 0.1) is 17.8 Å². The molecule has 3 aliphatic rings. The molecule has 3 heteroatoms. The van der Waals surface area contributed by atoms with E-state index < -0.39 is 0 Å². The van der Waals surface area contributed by atoms with E-state index in [1.807, 2.05) is 0 Å². The quantitative estimate of drug-likeness (QED) is 0.793. The fourth-order valence-electron chi connectivity index (χ4n) is 4.87. The summed E-state index contributed by atoms with van der Waals surface area (Å²) in [6.07, 6.45) is 9.73. The van der Waals surface area contributed by atoms with E-state index in [0.29, 0.717) is 5.92 Å². The van der Waals surface area contributed by atoms with E-state index in [1.54, 1.807) is 0 Å². The van der Waals surface area contributed by atoms with Gasteiger partial charge in [-0.3, -0.25) is 0 Å². The average molecular weight is 295 g/mol. The van der Waals surface area contributed by atoms with Crippen molar-refractivity contribution in [3.8, 4) is 0 Å².